The summed E-state index contributed by atoms with van der Waals surface area (Å²) in [6, 6.07) is 0. The minimum atomic E-state index is 0.238. The molecule has 0 bridgehead atoms. The molecule has 172 valence electrons. The molecule has 2 aliphatic heterocycles. The van der Waals surface area contributed by atoms with Crippen LogP contribution in [0.4, 0.5) is 0 Å². The van der Waals surface area contributed by atoms with Crippen molar-refractivity contribution in [2.24, 2.45) is 35.5 Å². The summed E-state index contributed by atoms with van der Waals surface area (Å²) in [4.78, 5) is 0. The first kappa shape index (κ1) is 25.1. The number of hydrogen-bond acceptors (Lipinski definition) is 3. The lowest BCUT2D eigenvalue weighted by Crippen LogP contribution is -2.35. The molecule has 0 aliphatic carbocycles. The summed E-state index contributed by atoms with van der Waals surface area (Å²) in [5.41, 5.74) is 0. The smallest absolute Gasteiger partial charge is 0.107 e. The maximum absolute atomic E-state index is 6.82. The van der Waals surface area contributed by atoms with E-state index < -0.39 is 0 Å². The van der Waals surface area contributed by atoms with E-state index in [1.54, 1.807) is 0 Å². The van der Waals surface area contributed by atoms with Crippen molar-refractivity contribution in [3.63, 3.8) is 0 Å². The van der Waals surface area contributed by atoms with Crippen LogP contribution >= 0.6 is 0 Å². The van der Waals surface area contributed by atoms with E-state index >= 15 is 0 Å². The maximum Gasteiger partial charge on any atom is 0.107 e. The van der Waals surface area contributed by atoms with Crippen molar-refractivity contribution in [1.29, 1.82) is 0 Å². The van der Waals surface area contributed by atoms with Crippen LogP contribution in [0.1, 0.15) is 93.9 Å². The van der Waals surface area contributed by atoms with Crippen LogP contribution in [0.2, 0.25) is 0 Å². The third-order valence-electron chi connectivity index (χ3n) is 7.08. The van der Waals surface area contributed by atoms with E-state index in [0.29, 0.717) is 35.9 Å². The Bertz CT molecular complexity index is 397. The van der Waals surface area contributed by atoms with E-state index in [1.807, 2.05) is 0 Å². The van der Waals surface area contributed by atoms with E-state index in [1.165, 1.54) is 25.7 Å². The summed E-state index contributed by atoms with van der Waals surface area (Å²) in [6.07, 6.45) is 8.58. The Morgan fingerprint density at radius 2 is 0.966 bits per heavy atom. The van der Waals surface area contributed by atoms with Gasteiger partial charge in [0.05, 0.1) is 25.4 Å². The molecule has 0 saturated carbocycles. The molecule has 3 nitrogen and oxygen atoms in total. The zero-order chi connectivity index (χ0) is 21.6. The van der Waals surface area contributed by atoms with Crippen molar-refractivity contribution in [3.8, 4) is 0 Å². The zero-order valence-electron chi connectivity index (χ0n) is 20.7. The van der Waals surface area contributed by atoms with Gasteiger partial charge in [0.1, 0.15) is 12.2 Å². The predicted molar refractivity (Wildman–Crippen MR) is 122 cm³/mol. The van der Waals surface area contributed by atoms with Gasteiger partial charge in [-0.1, -0.05) is 68.2 Å². The number of rotatable bonds is 16. The van der Waals surface area contributed by atoms with E-state index in [0.717, 1.165) is 37.9 Å². The summed E-state index contributed by atoms with van der Waals surface area (Å²) < 4.78 is 18.3. The average Bonchev–Trinajstić information content (AvgIpc) is 3.51. The molecule has 2 heterocycles. The Kier molecular flexibility index (Phi) is 10.5. The molecule has 2 fully saturated rings. The SMILES string of the molecule is CC(C)CCC(CC(OC(CC(CCC(C)C)C(C)C)C1CO1)C1CO1)C(C)C. The van der Waals surface area contributed by atoms with E-state index in [2.05, 4.69) is 55.4 Å². The van der Waals surface area contributed by atoms with Gasteiger partial charge in [-0.2, -0.15) is 0 Å². The van der Waals surface area contributed by atoms with Crippen molar-refractivity contribution in [1.82, 2.24) is 0 Å². The molecule has 0 aromatic carbocycles. The van der Waals surface area contributed by atoms with Gasteiger partial charge in [-0.3, -0.25) is 0 Å². The molecular formula is C26H50O3. The van der Waals surface area contributed by atoms with Gasteiger partial charge in [-0.25, -0.2) is 0 Å². The second kappa shape index (κ2) is 12.1. The summed E-state index contributed by atoms with van der Waals surface area (Å²) >= 11 is 0. The first-order chi connectivity index (χ1) is 13.7. The molecule has 2 rings (SSSR count). The minimum absolute atomic E-state index is 0.238. The van der Waals surface area contributed by atoms with Crippen LogP contribution in [0.3, 0.4) is 0 Å². The van der Waals surface area contributed by atoms with Gasteiger partial charge >= 0.3 is 0 Å². The lowest BCUT2D eigenvalue weighted by molar-refractivity contribution is -0.0638. The maximum atomic E-state index is 6.82. The lowest BCUT2D eigenvalue weighted by Gasteiger charge is -2.31. The van der Waals surface area contributed by atoms with Crippen LogP contribution in [0.5, 0.6) is 0 Å². The van der Waals surface area contributed by atoms with Gasteiger partial charge in [0.15, 0.2) is 0 Å². The molecule has 3 heteroatoms. The lowest BCUT2D eigenvalue weighted by atomic mass is 9.83. The highest BCUT2D eigenvalue weighted by Gasteiger charge is 2.42. The van der Waals surface area contributed by atoms with Crippen molar-refractivity contribution in [3.05, 3.63) is 0 Å². The van der Waals surface area contributed by atoms with E-state index in [4.69, 9.17) is 14.2 Å². The van der Waals surface area contributed by atoms with Crippen molar-refractivity contribution in [2.45, 2.75) is 118 Å². The molecular weight excluding hydrogens is 360 g/mol. The van der Waals surface area contributed by atoms with Crippen molar-refractivity contribution in [2.75, 3.05) is 13.2 Å². The average molecular weight is 411 g/mol. The number of hydrogen-bond donors (Lipinski definition) is 0. The molecule has 0 spiro atoms. The molecule has 29 heavy (non-hydrogen) atoms. The fourth-order valence-electron chi connectivity index (χ4n) is 4.49. The topological polar surface area (TPSA) is 34.3 Å². The van der Waals surface area contributed by atoms with Gasteiger partial charge < -0.3 is 14.2 Å². The second-order valence-electron chi connectivity index (χ2n) is 11.4. The van der Waals surface area contributed by atoms with Gasteiger partial charge in [0, 0.05) is 0 Å². The molecule has 0 radical (unpaired) electrons. The van der Waals surface area contributed by atoms with Crippen LogP contribution in [0.15, 0.2) is 0 Å². The summed E-state index contributed by atoms with van der Waals surface area (Å²) in [5, 5.41) is 0. The summed E-state index contributed by atoms with van der Waals surface area (Å²) in [6.45, 7) is 20.6. The van der Waals surface area contributed by atoms with E-state index in [-0.39, 0.29) is 12.2 Å². The Labute approximate surface area is 181 Å². The first-order valence-corrected chi connectivity index (χ1v) is 12.6. The van der Waals surface area contributed by atoms with Crippen molar-refractivity contribution >= 4 is 0 Å². The van der Waals surface area contributed by atoms with Crippen LogP contribution in [0.25, 0.3) is 0 Å². The standard InChI is InChI=1S/C26H50O3/c1-17(2)9-11-21(19(5)6)13-23(25-15-27-25)29-24(26-16-28-26)14-22(20(7)8)12-10-18(3)4/h17-26H,9-16H2,1-8H3. The third kappa shape index (κ3) is 9.70. The van der Waals surface area contributed by atoms with Crippen LogP contribution in [-0.2, 0) is 14.2 Å². The molecule has 6 unspecified atom stereocenters. The zero-order valence-corrected chi connectivity index (χ0v) is 20.7. The largest absolute Gasteiger partial charge is 0.370 e. The number of ether oxygens (including phenoxy) is 3. The monoisotopic (exact) mass is 410 g/mol. The Morgan fingerprint density at radius 3 is 1.21 bits per heavy atom. The molecule has 0 aromatic rings. The predicted octanol–water partition coefficient (Wildman–Crippen LogP) is 6.73. The van der Waals surface area contributed by atoms with Gasteiger partial charge in [0.2, 0.25) is 0 Å². The molecule has 0 amide bonds. The summed E-state index contributed by atoms with van der Waals surface area (Å²) in [7, 11) is 0. The molecule has 0 aromatic heterocycles. The van der Waals surface area contributed by atoms with Crippen molar-refractivity contribution < 1.29 is 14.2 Å². The van der Waals surface area contributed by atoms with Crippen LogP contribution < -0.4 is 0 Å². The van der Waals surface area contributed by atoms with Gasteiger partial charge in [0.25, 0.3) is 0 Å². The van der Waals surface area contributed by atoms with Crippen LogP contribution in [-0.4, -0.2) is 37.6 Å². The second-order valence-corrected chi connectivity index (χ2v) is 11.4. The van der Waals surface area contributed by atoms with Crippen LogP contribution in [0, 0.1) is 35.5 Å². The summed E-state index contributed by atoms with van der Waals surface area (Å²) in [5.74, 6) is 4.37. The Morgan fingerprint density at radius 1 is 0.621 bits per heavy atom. The number of epoxide rings is 2. The normalized spacial score (nSPS) is 25.7. The van der Waals surface area contributed by atoms with Gasteiger partial charge in [-0.05, 0) is 61.2 Å². The van der Waals surface area contributed by atoms with Gasteiger partial charge in [-0.15, -0.1) is 0 Å². The Hall–Kier alpha value is -0.120. The fraction of sp³-hybridized carbons (Fsp3) is 1.00. The quantitative estimate of drug-likeness (QED) is 0.264. The molecule has 2 saturated heterocycles. The fourth-order valence-corrected chi connectivity index (χ4v) is 4.49. The highest BCUT2D eigenvalue weighted by atomic mass is 16.6. The molecule has 6 atom stereocenters. The molecule has 0 N–H and O–H groups in total. The minimum Gasteiger partial charge on any atom is -0.370 e. The highest BCUT2D eigenvalue weighted by molar-refractivity contribution is 4.89. The highest BCUT2D eigenvalue weighted by Crippen LogP contribution is 2.35. The third-order valence-corrected chi connectivity index (χ3v) is 7.08. The van der Waals surface area contributed by atoms with E-state index in [9.17, 15) is 0 Å². The molecule has 2 aliphatic rings. The Balaban J connectivity index is 1.97. The first-order valence-electron chi connectivity index (χ1n) is 12.6.